The zero-order valence-corrected chi connectivity index (χ0v) is 15.7. The van der Waals surface area contributed by atoms with Crippen LogP contribution in [0.25, 0.3) is 0 Å². The van der Waals surface area contributed by atoms with Crippen LogP contribution in [0.4, 0.5) is 5.95 Å². The minimum absolute atomic E-state index is 0.0935. The highest BCUT2D eigenvalue weighted by Crippen LogP contribution is 2.21. The second-order valence-electron chi connectivity index (χ2n) is 7.01. The highest BCUT2D eigenvalue weighted by Gasteiger charge is 2.27. The van der Waals surface area contributed by atoms with Crippen LogP contribution in [0.2, 0.25) is 0 Å². The van der Waals surface area contributed by atoms with Gasteiger partial charge in [0, 0.05) is 25.0 Å². The number of amides is 1. The molecule has 1 unspecified atom stereocenters. The van der Waals surface area contributed by atoms with Crippen molar-refractivity contribution in [2.45, 2.75) is 66.3 Å². The van der Waals surface area contributed by atoms with Gasteiger partial charge in [-0.2, -0.15) is 5.10 Å². The highest BCUT2D eigenvalue weighted by atomic mass is 16.1. The fourth-order valence-electron chi connectivity index (χ4n) is 2.91. The summed E-state index contributed by atoms with van der Waals surface area (Å²) in [5, 5.41) is 11.7. The van der Waals surface area contributed by atoms with Crippen molar-refractivity contribution in [1.29, 1.82) is 0 Å². The minimum Gasteiger partial charge on any atom is -0.353 e. The SMILES string of the molecule is CCc1nnc(N2CCC(C(=O)NC(C)C(C)C)CC2)nc1CC. The van der Waals surface area contributed by atoms with Crippen LogP contribution in [0.5, 0.6) is 0 Å². The van der Waals surface area contributed by atoms with Crippen LogP contribution in [0.1, 0.15) is 58.8 Å². The molecule has 2 rings (SSSR count). The third-order valence-electron chi connectivity index (χ3n) is 5.02. The van der Waals surface area contributed by atoms with E-state index in [9.17, 15) is 4.79 Å². The summed E-state index contributed by atoms with van der Waals surface area (Å²) in [6.45, 7) is 12.1. The van der Waals surface area contributed by atoms with Crippen molar-refractivity contribution in [2.24, 2.45) is 11.8 Å². The van der Waals surface area contributed by atoms with Crippen molar-refractivity contribution in [2.75, 3.05) is 18.0 Å². The zero-order chi connectivity index (χ0) is 17.7. The smallest absolute Gasteiger partial charge is 0.245 e. The monoisotopic (exact) mass is 333 g/mol. The number of carbonyl (C=O) groups is 1. The Morgan fingerprint density at radius 3 is 2.29 bits per heavy atom. The van der Waals surface area contributed by atoms with Gasteiger partial charge in [0.05, 0.1) is 11.4 Å². The van der Waals surface area contributed by atoms with E-state index in [0.29, 0.717) is 11.9 Å². The molecule has 1 saturated heterocycles. The average molecular weight is 333 g/mol. The van der Waals surface area contributed by atoms with Crippen LogP contribution in [0.3, 0.4) is 0 Å². The Morgan fingerprint density at radius 2 is 1.75 bits per heavy atom. The molecule has 1 atom stereocenters. The lowest BCUT2D eigenvalue weighted by Crippen LogP contribution is -2.44. The average Bonchev–Trinajstić information content (AvgIpc) is 2.61. The van der Waals surface area contributed by atoms with Crippen molar-refractivity contribution in [1.82, 2.24) is 20.5 Å². The fraction of sp³-hybridized carbons (Fsp3) is 0.778. The van der Waals surface area contributed by atoms with E-state index in [1.165, 1.54) is 0 Å². The molecule has 1 aliphatic rings. The molecular formula is C18H31N5O. The first-order chi connectivity index (χ1) is 11.5. The highest BCUT2D eigenvalue weighted by molar-refractivity contribution is 5.79. The molecule has 0 aliphatic carbocycles. The number of rotatable bonds is 6. The lowest BCUT2D eigenvalue weighted by molar-refractivity contribution is -0.126. The van der Waals surface area contributed by atoms with Crippen LogP contribution < -0.4 is 10.2 Å². The molecule has 0 saturated carbocycles. The van der Waals surface area contributed by atoms with Gasteiger partial charge in [0.15, 0.2) is 0 Å². The minimum atomic E-state index is 0.0935. The first kappa shape index (κ1) is 18.6. The summed E-state index contributed by atoms with van der Waals surface area (Å²) in [5.41, 5.74) is 2.02. The maximum Gasteiger partial charge on any atom is 0.245 e. The molecule has 2 heterocycles. The second-order valence-corrected chi connectivity index (χ2v) is 7.01. The van der Waals surface area contributed by atoms with Crippen LogP contribution in [-0.2, 0) is 17.6 Å². The van der Waals surface area contributed by atoms with Gasteiger partial charge >= 0.3 is 0 Å². The van der Waals surface area contributed by atoms with E-state index in [4.69, 9.17) is 0 Å². The third kappa shape index (κ3) is 4.42. The van der Waals surface area contributed by atoms with Crippen molar-refractivity contribution in [3.05, 3.63) is 11.4 Å². The molecule has 0 bridgehead atoms. The molecule has 1 fully saturated rings. The molecule has 1 N–H and O–H groups in total. The molecule has 24 heavy (non-hydrogen) atoms. The van der Waals surface area contributed by atoms with Gasteiger partial charge < -0.3 is 10.2 Å². The molecule has 0 aromatic carbocycles. The summed E-state index contributed by atoms with van der Waals surface area (Å²) in [5.74, 6) is 1.44. The Bertz CT molecular complexity index is 552. The molecule has 134 valence electrons. The Morgan fingerprint density at radius 1 is 1.12 bits per heavy atom. The molecular weight excluding hydrogens is 302 g/mol. The van der Waals surface area contributed by atoms with Gasteiger partial charge in [-0.1, -0.05) is 27.7 Å². The molecule has 0 radical (unpaired) electrons. The van der Waals surface area contributed by atoms with Crippen LogP contribution >= 0.6 is 0 Å². The van der Waals surface area contributed by atoms with Gasteiger partial charge in [0.25, 0.3) is 0 Å². The zero-order valence-electron chi connectivity index (χ0n) is 15.7. The van der Waals surface area contributed by atoms with Gasteiger partial charge in [-0.15, -0.1) is 5.10 Å². The number of aryl methyl sites for hydroxylation is 2. The maximum atomic E-state index is 12.4. The van der Waals surface area contributed by atoms with Crippen molar-refractivity contribution in [3.8, 4) is 0 Å². The van der Waals surface area contributed by atoms with Gasteiger partial charge in [0.2, 0.25) is 11.9 Å². The summed E-state index contributed by atoms with van der Waals surface area (Å²) in [4.78, 5) is 19.2. The molecule has 1 aromatic rings. The normalized spacial score (nSPS) is 17.2. The van der Waals surface area contributed by atoms with Crippen LogP contribution in [0, 0.1) is 11.8 Å². The van der Waals surface area contributed by atoms with Crippen molar-refractivity contribution >= 4 is 11.9 Å². The van der Waals surface area contributed by atoms with E-state index in [1.807, 2.05) is 0 Å². The van der Waals surface area contributed by atoms with E-state index in [1.54, 1.807) is 0 Å². The number of nitrogens with one attached hydrogen (secondary N) is 1. The van der Waals surface area contributed by atoms with E-state index >= 15 is 0 Å². The number of hydrogen-bond acceptors (Lipinski definition) is 5. The first-order valence-electron chi connectivity index (χ1n) is 9.24. The lowest BCUT2D eigenvalue weighted by Gasteiger charge is -2.32. The fourth-order valence-corrected chi connectivity index (χ4v) is 2.91. The number of anilines is 1. The summed E-state index contributed by atoms with van der Waals surface area (Å²) in [6, 6.07) is 0.219. The Labute approximate surface area is 145 Å². The third-order valence-corrected chi connectivity index (χ3v) is 5.02. The summed E-state index contributed by atoms with van der Waals surface area (Å²) < 4.78 is 0. The largest absolute Gasteiger partial charge is 0.353 e. The summed E-state index contributed by atoms with van der Waals surface area (Å²) in [7, 11) is 0. The topological polar surface area (TPSA) is 71.0 Å². The summed E-state index contributed by atoms with van der Waals surface area (Å²) in [6.07, 6.45) is 3.42. The molecule has 0 spiro atoms. The number of carbonyl (C=O) groups excluding carboxylic acids is 1. The van der Waals surface area contributed by atoms with Gasteiger partial charge in [-0.05, 0) is 38.5 Å². The van der Waals surface area contributed by atoms with E-state index in [-0.39, 0.29) is 17.9 Å². The number of hydrogen-bond donors (Lipinski definition) is 1. The van der Waals surface area contributed by atoms with Gasteiger partial charge in [-0.25, -0.2) is 4.98 Å². The maximum absolute atomic E-state index is 12.4. The Hall–Kier alpha value is -1.72. The molecule has 6 nitrogen and oxygen atoms in total. The second kappa shape index (κ2) is 8.40. The summed E-state index contributed by atoms with van der Waals surface area (Å²) >= 11 is 0. The molecule has 1 aromatic heterocycles. The Balaban J connectivity index is 1.94. The van der Waals surface area contributed by atoms with Crippen molar-refractivity contribution in [3.63, 3.8) is 0 Å². The van der Waals surface area contributed by atoms with Crippen molar-refractivity contribution < 1.29 is 4.79 Å². The van der Waals surface area contributed by atoms with Crippen LogP contribution in [0.15, 0.2) is 0 Å². The molecule has 1 aliphatic heterocycles. The van der Waals surface area contributed by atoms with Gasteiger partial charge in [-0.3, -0.25) is 4.79 Å². The quantitative estimate of drug-likeness (QED) is 0.865. The lowest BCUT2D eigenvalue weighted by atomic mass is 9.95. The van der Waals surface area contributed by atoms with E-state index < -0.39 is 0 Å². The number of piperidine rings is 1. The van der Waals surface area contributed by atoms with E-state index in [2.05, 4.69) is 60.0 Å². The molecule has 1 amide bonds. The Kier molecular flexibility index (Phi) is 6.52. The molecule has 6 heteroatoms. The predicted molar refractivity (Wildman–Crippen MR) is 96.0 cm³/mol. The number of nitrogens with zero attached hydrogens (tertiary/aromatic N) is 4. The van der Waals surface area contributed by atoms with Crippen LogP contribution in [-0.4, -0.2) is 40.2 Å². The number of aromatic nitrogens is 3. The van der Waals surface area contributed by atoms with E-state index in [0.717, 1.165) is 50.2 Å². The standard InChI is InChI=1S/C18H31N5O/c1-6-15-16(7-2)21-22-18(20-15)23-10-8-14(9-11-23)17(24)19-13(5)12(3)4/h12-14H,6-11H2,1-5H3,(H,19,24). The van der Waals surface area contributed by atoms with Gasteiger partial charge in [0.1, 0.15) is 0 Å². The first-order valence-corrected chi connectivity index (χ1v) is 9.24. The predicted octanol–water partition coefficient (Wildman–Crippen LogP) is 2.37.